The van der Waals surface area contributed by atoms with Gasteiger partial charge in [-0.15, -0.1) is 0 Å². The highest BCUT2D eigenvalue weighted by atomic mass is 32.2. The molecule has 0 aliphatic heterocycles. The van der Waals surface area contributed by atoms with Crippen LogP contribution in [0.2, 0.25) is 0 Å². The van der Waals surface area contributed by atoms with Gasteiger partial charge in [0.1, 0.15) is 13.1 Å². The van der Waals surface area contributed by atoms with Gasteiger partial charge in [-0.05, 0) is 101 Å². The number of nitrogens with one attached hydrogen (secondary N) is 2. The molecule has 3 aromatic rings. The van der Waals surface area contributed by atoms with E-state index in [1.807, 2.05) is 40.3 Å². The Morgan fingerprint density at radius 3 is 2.11 bits per heavy atom. The second-order valence-electron chi connectivity index (χ2n) is 8.31. The molecule has 0 aliphatic rings. The maximum atomic E-state index is 13.2. The smallest absolute Gasteiger partial charge is 0.262 e. The maximum Gasteiger partial charge on any atom is 0.262 e. The Morgan fingerprint density at radius 1 is 0.972 bits per heavy atom. The van der Waals surface area contributed by atoms with Gasteiger partial charge in [0.05, 0.1) is 12.0 Å². The van der Waals surface area contributed by atoms with Crippen LogP contribution in [0.1, 0.15) is 5.56 Å². The van der Waals surface area contributed by atoms with Gasteiger partial charge in [-0.1, -0.05) is 6.07 Å². The van der Waals surface area contributed by atoms with Crippen molar-refractivity contribution in [3.8, 4) is 5.75 Å². The molecule has 2 aromatic carbocycles. The lowest BCUT2D eigenvalue weighted by atomic mass is 10.2. The minimum Gasteiger partial charge on any atom is -0.497 e. The van der Waals surface area contributed by atoms with Gasteiger partial charge >= 0.3 is 0 Å². The summed E-state index contributed by atoms with van der Waals surface area (Å²) in [5.41, 5.74) is 1.56. The standard InChI is InChI=1S/C24H31N6O3PS2/c1-18-7-8-20(17-23(18)36(31,32)28-19-9-11-21(33-6)12-10-19)26-24(35)27-34(29(2)3,30(4)5)22-13-15-25-16-14-22/h7-17,28H,1-6H3,(H,26,35). The molecule has 1 aromatic heterocycles. The molecular weight excluding hydrogens is 515 g/mol. The second-order valence-corrected chi connectivity index (χ2v) is 13.8. The molecule has 0 amide bonds. The Bertz CT molecular complexity index is 1370. The lowest BCUT2D eigenvalue weighted by Gasteiger charge is -2.36. The van der Waals surface area contributed by atoms with Crippen LogP contribution in [-0.2, 0) is 10.0 Å². The number of sulfonamides is 1. The summed E-state index contributed by atoms with van der Waals surface area (Å²) in [6.45, 7) is 1.74. The fourth-order valence-electron chi connectivity index (χ4n) is 3.71. The van der Waals surface area contributed by atoms with Crippen LogP contribution in [0, 0.1) is 6.92 Å². The van der Waals surface area contributed by atoms with Gasteiger partial charge in [-0.25, -0.2) is 13.2 Å². The van der Waals surface area contributed by atoms with Gasteiger partial charge in [0.15, 0.2) is 5.11 Å². The third-order valence-electron chi connectivity index (χ3n) is 5.43. The molecule has 3 rings (SSSR count). The number of ether oxygens (including phenoxy) is 1. The first-order valence-electron chi connectivity index (χ1n) is 11.0. The predicted octanol–water partition coefficient (Wildman–Crippen LogP) is 4.38. The molecule has 0 fully saturated rings. The van der Waals surface area contributed by atoms with Crippen molar-refractivity contribution in [2.75, 3.05) is 45.3 Å². The number of thiocarbonyl (C=S) groups is 1. The van der Waals surface area contributed by atoms with E-state index in [4.69, 9.17) is 21.7 Å². The molecule has 0 radical (unpaired) electrons. The molecule has 12 heteroatoms. The van der Waals surface area contributed by atoms with Crippen LogP contribution in [0.3, 0.4) is 0 Å². The van der Waals surface area contributed by atoms with Crippen LogP contribution < -0.4 is 20.1 Å². The lowest BCUT2D eigenvalue weighted by molar-refractivity contribution is 0.415. The van der Waals surface area contributed by atoms with E-state index in [1.54, 1.807) is 68.9 Å². The molecule has 0 saturated heterocycles. The lowest BCUT2D eigenvalue weighted by Crippen LogP contribution is -2.30. The van der Waals surface area contributed by atoms with Gasteiger partial charge < -0.3 is 10.1 Å². The molecule has 9 nitrogen and oxygen atoms in total. The first kappa shape index (κ1) is 27.8. The SMILES string of the molecule is COc1ccc(NS(=O)(=O)c2cc(NC(=S)N=P(c3ccncc3)(N(C)C)N(C)C)ccc2C)cc1. The topological polar surface area (TPSA) is 99.2 Å². The summed E-state index contributed by atoms with van der Waals surface area (Å²) < 4.78 is 43.1. The summed E-state index contributed by atoms with van der Waals surface area (Å²) in [7, 11) is 3.16. The van der Waals surface area contributed by atoms with E-state index < -0.39 is 17.4 Å². The molecule has 2 N–H and O–H groups in total. The van der Waals surface area contributed by atoms with Crippen molar-refractivity contribution in [2.24, 2.45) is 4.74 Å². The maximum absolute atomic E-state index is 13.2. The Kier molecular flexibility index (Phi) is 8.86. The van der Waals surface area contributed by atoms with E-state index in [1.165, 1.54) is 0 Å². The summed E-state index contributed by atoms with van der Waals surface area (Å²) in [5, 5.41) is 4.35. The Hall–Kier alpha value is -2.82. The molecule has 0 aliphatic carbocycles. The predicted molar refractivity (Wildman–Crippen MR) is 152 cm³/mol. The van der Waals surface area contributed by atoms with Crippen LogP contribution in [-0.4, -0.2) is 63.2 Å². The molecule has 0 atom stereocenters. The number of hydrogen-bond acceptors (Lipinski definition) is 5. The van der Waals surface area contributed by atoms with Crippen molar-refractivity contribution in [2.45, 2.75) is 11.8 Å². The van der Waals surface area contributed by atoms with Crippen LogP contribution in [0.4, 0.5) is 11.4 Å². The first-order valence-corrected chi connectivity index (χ1v) is 14.5. The largest absolute Gasteiger partial charge is 0.497 e. The van der Waals surface area contributed by atoms with E-state index in [2.05, 4.69) is 24.4 Å². The monoisotopic (exact) mass is 546 g/mol. The van der Waals surface area contributed by atoms with E-state index in [0.29, 0.717) is 22.7 Å². The molecular formula is C24H31N6O3PS2. The number of pyridine rings is 1. The third kappa shape index (κ3) is 6.11. The van der Waals surface area contributed by atoms with Gasteiger partial charge in [-0.3, -0.25) is 19.0 Å². The number of aryl methyl sites for hydroxylation is 1. The summed E-state index contributed by atoms with van der Waals surface area (Å²) in [6.07, 6.45) is 3.46. The summed E-state index contributed by atoms with van der Waals surface area (Å²) in [4.78, 5) is 4.27. The van der Waals surface area contributed by atoms with E-state index in [-0.39, 0.29) is 10.0 Å². The number of benzene rings is 2. The summed E-state index contributed by atoms with van der Waals surface area (Å²) in [5.74, 6) is 0.638. The number of nitrogens with zero attached hydrogens (tertiary/aromatic N) is 4. The van der Waals surface area contributed by atoms with Crippen LogP contribution in [0.5, 0.6) is 5.75 Å². The fraction of sp³-hybridized carbons (Fsp3) is 0.250. The highest BCUT2D eigenvalue weighted by molar-refractivity contribution is 7.92. The van der Waals surface area contributed by atoms with E-state index >= 15 is 0 Å². The zero-order chi connectivity index (χ0) is 26.5. The Labute approximate surface area is 218 Å². The number of aromatic nitrogens is 1. The third-order valence-corrected chi connectivity index (χ3v) is 11.0. The second kappa shape index (κ2) is 11.5. The Morgan fingerprint density at radius 2 is 1.56 bits per heavy atom. The molecule has 192 valence electrons. The van der Waals surface area contributed by atoms with Crippen molar-refractivity contribution >= 4 is 51.4 Å². The summed E-state index contributed by atoms with van der Waals surface area (Å²) in [6, 6.07) is 15.6. The fourth-order valence-corrected chi connectivity index (χ4v) is 8.45. The zero-order valence-electron chi connectivity index (χ0n) is 21.1. The van der Waals surface area contributed by atoms with Gasteiger partial charge in [0, 0.05) is 29.1 Å². The zero-order valence-corrected chi connectivity index (χ0v) is 23.7. The van der Waals surface area contributed by atoms with Crippen molar-refractivity contribution in [3.63, 3.8) is 0 Å². The highest BCUT2D eigenvalue weighted by Gasteiger charge is 2.29. The number of rotatable bonds is 8. The van der Waals surface area contributed by atoms with E-state index in [9.17, 15) is 8.42 Å². The first-order chi connectivity index (χ1) is 17.0. The minimum atomic E-state index is -3.85. The van der Waals surface area contributed by atoms with Crippen LogP contribution >= 0.6 is 19.6 Å². The van der Waals surface area contributed by atoms with Crippen LogP contribution in [0.25, 0.3) is 0 Å². The Balaban J connectivity index is 1.94. The van der Waals surface area contributed by atoms with Gasteiger partial charge in [0.2, 0.25) is 0 Å². The van der Waals surface area contributed by atoms with Crippen molar-refractivity contribution < 1.29 is 13.2 Å². The average molecular weight is 547 g/mol. The molecule has 1 heterocycles. The molecule has 0 spiro atoms. The van der Waals surface area contributed by atoms with Crippen molar-refractivity contribution in [1.29, 1.82) is 0 Å². The molecule has 0 saturated carbocycles. The van der Waals surface area contributed by atoms with Crippen molar-refractivity contribution in [1.82, 2.24) is 14.3 Å². The quantitative estimate of drug-likeness (QED) is 0.317. The average Bonchev–Trinajstić information content (AvgIpc) is 2.84. The minimum absolute atomic E-state index is 0.140. The van der Waals surface area contributed by atoms with Crippen molar-refractivity contribution in [3.05, 3.63) is 72.6 Å². The van der Waals surface area contributed by atoms with Crippen LogP contribution in [0.15, 0.2) is 76.6 Å². The normalized spacial score (nSPS) is 11.9. The molecule has 0 bridgehead atoms. The summed E-state index contributed by atoms with van der Waals surface area (Å²) >= 11 is 5.62. The molecule has 36 heavy (non-hydrogen) atoms. The highest BCUT2D eigenvalue weighted by Crippen LogP contribution is 2.52. The number of methoxy groups -OCH3 is 1. The number of hydrogen-bond donors (Lipinski definition) is 2. The van der Waals surface area contributed by atoms with Gasteiger partial charge in [0.25, 0.3) is 10.0 Å². The van der Waals surface area contributed by atoms with Gasteiger partial charge in [-0.2, -0.15) is 0 Å². The number of anilines is 2. The van der Waals surface area contributed by atoms with E-state index in [0.717, 1.165) is 5.30 Å². The molecule has 0 unspecified atom stereocenters.